The van der Waals surface area contributed by atoms with Crippen molar-refractivity contribution < 1.29 is 12.9 Å². The number of rotatable bonds is 4. The lowest BCUT2D eigenvalue weighted by molar-refractivity contribution is 0.394. The van der Waals surface area contributed by atoms with E-state index in [1.54, 1.807) is 42.5 Å². The molecule has 22 heavy (non-hydrogen) atoms. The van der Waals surface area contributed by atoms with Crippen LogP contribution in [0.1, 0.15) is 0 Å². The highest BCUT2D eigenvalue weighted by Gasteiger charge is 2.21. The molecule has 7 heteroatoms. The molecular weight excluding hydrogens is 304 g/mol. The number of hydrogen-bond acceptors (Lipinski definition) is 4. The summed E-state index contributed by atoms with van der Waals surface area (Å²) >= 11 is 0. The lowest BCUT2D eigenvalue weighted by Crippen LogP contribution is -2.17. The van der Waals surface area contributed by atoms with E-state index in [0.29, 0.717) is 5.56 Å². The van der Waals surface area contributed by atoms with E-state index in [1.165, 1.54) is 12.1 Å². The first-order chi connectivity index (χ1) is 10.6. The number of anilines is 1. The van der Waals surface area contributed by atoms with E-state index < -0.39 is 15.6 Å². The van der Waals surface area contributed by atoms with E-state index in [1.807, 2.05) is 6.07 Å². The highest BCUT2D eigenvalue weighted by molar-refractivity contribution is 7.92. The summed E-state index contributed by atoms with van der Waals surface area (Å²) in [4.78, 5) is 11.9. The Balaban J connectivity index is 2.04. The van der Waals surface area contributed by atoms with Crippen LogP contribution >= 0.6 is 0 Å². The molecule has 0 atom stereocenters. The van der Waals surface area contributed by atoms with E-state index >= 15 is 0 Å². The van der Waals surface area contributed by atoms with Crippen molar-refractivity contribution in [3.63, 3.8) is 0 Å². The van der Waals surface area contributed by atoms with Gasteiger partial charge in [0.05, 0.1) is 4.90 Å². The number of aromatic nitrogens is 1. The van der Waals surface area contributed by atoms with Crippen molar-refractivity contribution in [3.05, 3.63) is 71.1 Å². The molecule has 0 radical (unpaired) electrons. The molecule has 1 heterocycles. The zero-order chi connectivity index (χ0) is 15.6. The van der Waals surface area contributed by atoms with Gasteiger partial charge in [0.25, 0.3) is 10.0 Å². The third kappa shape index (κ3) is 2.66. The average Bonchev–Trinajstić information content (AvgIpc) is 2.90. The van der Waals surface area contributed by atoms with Gasteiger partial charge in [0.1, 0.15) is 5.69 Å². The molecule has 112 valence electrons. The molecule has 0 bridgehead atoms. The highest BCUT2D eigenvalue weighted by Crippen LogP contribution is 2.25. The minimum Gasteiger partial charge on any atom is -0.336 e. The SMILES string of the molecule is O=c1o[nH]c(-c2ccccc2)c1NS(=O)(=O)c1ccccc1. The molecule has 0 spiro atoms. The molecule has 0 aliphatic heterocycles. The maximum absolute atomic E-state index is 12.3. The van der Waals surface area contributed by atoms with Gasteiger partial charge in [0.15, 0.2) is 5.69 Å². The molecule has 0 aliphatic carbocycles. The molecule has 0 fully saturated rings. The second-order valence-electron chi connectivity index (χ2n) is 4.53. The van der Waals surface area contributed by atoms with Crippen LogP contribution in [0, 0.1) is 0 Å². The van der Waals surface area contributed by atoms with Crippen LogP contribution in [-0.4, -0.2) is 13.6 Å². The number of H-pyrrole nitrogens is 1. The van der Waals surface area contributed by atoms with Gasteiger partial charge in [0.2, 0.25) is 0 Å². The smallest absolute Gasteiger partial charge is 0.336 e. The minimum atomic E-state index is -3.87. The van der Waals surface area contributed by atoms with Gasteiger partial charge in [-0.2, -0.15) is 0 Å². The van der Waals surface area contributed by atoms with Crippen molar-refractivity contribution in [1.82, 2.24) is 5.16 Å². The number of aromatic amines is 1. The molecule has 0 saturated heterocycles. The van der Waals surface area contributed by atoms with Gasteiger partial charge in [-0.3, -0.25) is 4.72 Å². The predicted molar refractivity (Wildman–Crippen MR) is 82.0 cm³/mol. The summed E-state index contributed by atoms with van der Waals surface area (Å²) in [7, 11) is -3.87. The molecule has 0 saturated carbocycles. The standard InChI is InChI=1S/C15H12N2O4S/c18-15-14(13(16-21-15)11-7-3-1-4-8-11)17-22(19,20)12-9-5-2-6-10-12/h1-10,16-17H. The maximum atomic E-state index is 12.3. The van der Waals surface area contributed by atoms with Crippen molar-refractivity contribution in [3.8, 4) is 11.3 Å². The Morgan fingerprint density at radius 3 is 2.14 bits per heavy atom. The van der Waals surface area contributed by atoms with Gasteiger partial charge in [-0.15, -0.1) is 0 Å². The number of benzene rings is 2. The Bertz CT molecular complexity index is 928. The molecule has 0 aliphatic rings. The number of sulfonamides is 1. The van der Waals surface area contributed by atoms with Crippen molar-refractivity contribution in [2.75, 3.05) is 4.72 Å². The summed E-state index contributed by atoms with van der Waals surface area (Å²) in [6, 6.07) is 16.6. The zero-order valence-electron chi connectivity index (χ0n) is 11.3. The lowest BCUT2D eigenvalue weighted by Gasteiger charge is -2.06. The van der Waals surface area contributed by atoms with Crippen LogP contribution in [0.2, 0.25) is 0 Å². The Kier molecular flexibility index (Phi) is 3.56. The quantitative estimate of drug-likeness (QED) is 0.773. The Hall–Kier alpha value is -2.80. The first kappa shape index (κ1) is 14.2. The summed E-state index contributed by atoms with van der Waals surface area (Å²) < 4.78 is 31.7. The summed E-state index contributed by atoms with van der Waals surface area (Å²) in [6.07, 6.45) is 0. The molecule has 0 amide bonds. The van der Waals surface area contributed by atoms with Gasteiger partial charge < -0.3 is 4.52 Å². The van der Waals surface area contributed by atoms with Crippen molar-refractivity contribution in [1.29, 1.82) is 0 Å². The zero-order valence-corrected chi connectivity index (χ0v) is 12.1. The molecule has 0 unspecified atom stereocenters. The molecule has 3 rings (SSSR count). The van der Waals surface area contributed by atoms with Gasteiger partial charge in [-0.05, 0) is 12.1 Å². The number of nitrogens with one attached hydrogen (secondary N) is 2. The van der Waals surface area contributed by atoms with Crippen LogP contribution in [0.15, 0.2) is 74.9 Å². The Labute approximate surface area is 126 Å². The van der Waals surface area contributed by atoms with Gasteiger partial charge in [-0.1, -0.05) is 48.5 Å². The first-order valence-electron chi connectivity index (χ1n) is 6.43. The van der Waals surface area contributed by atoms with Gasteiger partial charge in [0, 0.05) is 5.56 Å². The van der Waals surface area contributed by atoms with Crippen LogP contribution in [0.3, 0.4) is 0 Å². The molecule has 3 aromatic rings. The normalized spacial score (nSPS) is 11.3. The first-order valence-corrected chi connectivity index (χ1v) is 7.91. The van der Waals surface area contributed by atoms with Crippen molar-refractivity contribution in [2.45, 2.75) is 4.90 Å². The molecular formula is C15H12N2O4S. The summed E-state index contributed by atoms with van der Waals surface area (Å²) in [6.45, 7) is 0. The van der Waals surface area contributed by atoms with Crippen molar-refractivity contribution in [2.24, 2.45) is 0 Å². The van der Waals surface area contributed by atoms with Crippen LogP contribution in [0.5, 0.6) is 0 Å². The fourth-order valence-corrected chi connectivity index (χ4v) is 3.08. The van der Waals surface area contributed by atoms with Gasteiger partial charge in [-0.25, -0.2) is 18.4 Å². The van der Waals surface area contributed by atoms with E-state index in [4.69, 9.17) is 4.52 Å². The van der Waals surface area contributed by atoms with Crippen LogP contribution in [0.25, 0.3) is 11.3 Å². The number of hydrogen-bond donors (Lipinski definition) is 2. The molecule has 6 nitrogen and oxygen atoms in total. The van der Waals surface area contributed by atoms with Crippen LogP contribution in [-0.2, 0) is 10.0 Å². The Morgan fingerprint density at radius 1 is 0.909 bits per heavy atom. The van der Waals surface area contributed by atoms with Crippen LogP contribution in [0.4, 0.5) is 5.69 Å². The summed E-state index contributed by atoms with van der Waals surface area (Å²) in [5, 5.41) is 2.45. The molecule has 1 aromatic heterocycles. The van der Waals surface area contributed by atoms with E-state index in [9.17, 15) is 13.2 Å². The van der Waals surface area contributed by atoms with E-state index in [-0.39, 0.29) is 16.3 Å². The highest BCUT2D eigenvalue weighted by atomic mass is 32.2. The molecule has 2 aromatic carbocycles. The van der Waals surface area contributed by atoms with E-state index in [2.05, 4.69) is 9.88 Å². The lowest BCUT2D eigenvalue weighted by atomic mass is 10.1. The van der Waals surface area contributed by atoms with Crippen molar-refractivity contribution >= 4 is 15.7 Å². The second-order valence-corrected chi connectivity index (χ2v) is 6.21. The topological polar surface area (TPSA) is 92.2 Å². The average molecular weight is 316 g/mol. The predicted octanol–water partition coefficient (Wildman–Crippen LogP) is 2.44. The monoisotopic (exact) mass is 316 g/mol. The van der Waals surface area contributed by atoms with Crippen LogP contribution < -0.4 is 10.3 Å². The van der Waals surface area contributed by atoms with E-state index in [0.717, 1.165) is 0 Å². The summed E-state index contributed by atoms with van der Waals surface area (Å²) in [5.41, 5.74) is -0.00219. The second kappa shape index (κ2) is 5.53. The maximum Gasteiger partial charge on any atom is 0.381 e. The largest absolute Gasteiger partial charge is 0.381 e. The fraction of sp³-hybridized carbons (Fsp3) is 0. The third-order valence-corrected chi connectivity index (χ3v) is 4.42. The Morgan fingerprint density at radius 2 is 1.50 bits per heavy atom. The third-order valence-electron chi connectivity index (χ3n) is 3.05. The van der Waals surface area contributed by atoms with Gasteiger partial charge >= 0.3 is 5.63 Å². The minimum absolute atomic E-state index is 0.0645. The summed E-state index contributed by atoms with van der Waals surface area (Å²) in [5.74, 6) is 0. The molecule has 2 N–H and O–H groups in total. The fourth-order valence-electron chi connectivity index (χ4n) is 2.00.